The van der Waals surface area contributed by atoms with Gasteiger partial charge in [0, 0.05) is 53.4 Å². The van der Waals surface area contributed by atoms with E-state index in [9.17, 15) is 0 Å². The number of fused-ring (bicyclic) bond motifs is 6. The molecule has 0 bridgehead atoms. The van der Waals surface area contributed by atoms with Gasteiger partial charge in [-0.2, -0.15) is 0 Å². The first-order valence-corrected chi connectivity index (χ1v) is 19.2. The van der Waals surface area contributed by atoms with E-state index >= 15 is 0 Å². The first-order chi connectivity index (χ1) is 27.7. The quantitative estimate of drug-likeness (QED) is 0.169. The summed E-state index contributed by atoms with van der Waals surface area (Å²) >= 11 is 1.79. The van der Waals surface area contributed by atoms with Crippen molar-refractivity contribution in [2.75, 3.05) is 0 Å². The van der Waals surface area contributed by atoms with E-state index in [1.807, 2.05) is 109 Å². The zero-order valence-corrected chi connectivity index (χ0v) is 30.6. The third kappa shape index (κ3) is 5.52. The van der Waals surface area contributed by atoms with Crippen LogP contribution in [0.1, 0.15) is 0 Å². The minimum Gasteiger partial charge on any atom is -0.452 e. The zero-order chi connectivity index (χ0) is 37.0. The number of rotatable bonds is 6. The molecule has 4 heterocycles. The molecule has 0 aliphatic rings. The van der Waals surface area contributed by atoms with E-state index in [1.165, 1.54) is 25.7 Å². The van der Waals surface area contributed by atoms with Gasteiger partial charge in [0.2, 0.25) is 0 Å². The van der Waals surface area contributed by atoms with Gasteiger partial charge in [-0.15, -0.1) is 11.3 Å². The summed E-state index contributed by atoms with van der Waals surface area (Å²) in [6, 6.07) is 60.0. The third-order valence-corrected chi connectivity index (χ3v) is 11.3. The molecule has 7 aromatic carbocycles. The predicted molar refractivity (Wildman–Crippen MR) is 228 cm³/mol. The van der Waals surface area contributed by atoms with Crippen LogP contribution in [0.15, 0.2) is 180 Å². The lowest BCUT2D eigenvalue weighted by Crippen LogP contribution is -2.00. The minimum atomic E-state index is 0.634. The second-order valence-corrected chi connectivity index (χ2v) is 14.7. The summed E-state index contributed by atoms with van der Waals surface area (Å²) in [6.45, 7) is 0. The van der Waals surface area contributed by atoms with Crippen LogP contribution >= 0.6 is 11.3 Å². The molecule has 0 unspecified atom stereocenters. The fourth-order valence-corrected chi connectivity index (χ4v) is 8.62. The van der Waals surface area contributed by atoms with Crippen molar-refractivity contribution >= 4 is 53.6 Å². The largest absolute Gasteiger partial charge is 0.452 e. The molecule has 0 saturated carbocycles. The summed E-state index contributed by atoms with van der Waals surface area (Å²) < 4.78 is 8.84. The van der Waals surface area contributed by atoms with Crippen LogP contribution in [0.25, 0.3) is 110 Å². The van der Waals surface area contributed by atoms with E-state index in [-0.39, 0.29) is 0 Å². The van der Waals surface area contributed by atoms with Gasteiger partial charge in [0.15, 0.2) is 28.9 Å². The zero-order valence-electron chi connectivity index (χ0n) is 29.8. The van der Waals surface area contributed by atoms with Crippen LogP contribution < -0.4 is 0 Å². The van der Waals surface area contributed by atoms with Crippen LogP contribution in [0, 0.1) is 0 Å². The molecule has 11 rings (SSSR count). The molecule has 0 amide bonds. The summed E-state index contributed by atoms with van der Waals surface area (Å²) in [5.41, 5.74) is 10.1. The molecule has 262 valence electrons. The standard InChI is InChI=1S/C49H29N5OS/c1-4-13-31(14-5-1)46-50-43(45-44(51-46)37-19-10-11-21-39(37)55-45)35-27-28-38-41(29-35)56-40-22-12-20-36(42(38)40)30-23-25-34(26-24-30)49-53-47(32-15-6-2-7-16-32)52-48(54-49)33-17-8-3-9-18-33/h1-29H. The SMILES string of the molecule is c1ccc(-c2nc(-c3ccccc3)nc(-c3ccc(-c4cccc5sc6cc(-c7nc(-c8ccccc8)nc8c7oc7ccccc78)ccc6c45)cc3)n2)cc1. The normalized spacial score (nSPS) is 11.6. The number of thiophene rings is 1. The molecule has 0 aliphatic heterocycles. The lowest BCUT2D eigenvalue weighted by atomic mass is 9.97. The van der Waals surface area contributed by atoms with Gasteiger partial charge < -0.3 is 4.42 Å². The molecule has 0 saturated heterocycles. The topological polar surface area (TPSA) is 77.6 Å². The van der Waals surface area contributed by atoms with Crippen molar-refractivity contribution in [1.82, 2.24) is 24.9 Å². The molecule has 0 spiro atoms. The Morgan fingerprint density at radius 1 is 0.375 bits per heavy atom. The van der Waals surface area contributed by atoms with Crippen molar-refractivity contribution in [3.63, 3.8) is 0 Å². The summed E-state index contributed by atoms with van der Waals surface area (Å²) in [6.07, 6.45) is 0. The van der Waals surface area contributed by atoms with E-state index < -0.39 is 0 Å². The minimum absolute atomic E-state index is 0.634. The Bertz CT molecular complexity index is 3180. The van der Waals surface area contributed by atoms with Gasteiger partial charge >= 0.3 is 0 Å². The van der Waals surface area contributed by atoms with Gasteiger partial charge in [-0.25, -0.2) is 24.9 Å². The van der Waals surface area contributed by atoms with E-state index in [0.29, 0.717) is 28.9 Å². The maximum absolute atomic E-state index is 6.44. The molecule has 4 aromatic heterocycles. The van der Waals surface area contributed by atoms with Crippen molar-refractivity contribution in [1.29, 1.82) is 0 Å². The highest BCUT2D eigenvalue weighted by Crippen LogP contribution is 2.43. The average molecular weight is 736 g/mol. The van der Waals surface area contributed by atoms with Crippen molar-refractivity contribution in [3.05, 3.63) is 176 Å². The van der Waals surface area contributed by atoms with Crippen LogP contribution in [0.5, 0.6) is 0 Å². The summed E-state index contributed by atoms with van der Waals surface area (Å²) in [4.78, 5) is 24.9. The smallest absolute Gasteiger partial charge is 0.180 e. The fourth-order valence-electron chi connectivity index (χ4n) is 7.45. The number of hydrogen-bond donors (Lipinski definition) is 0. The summed E-state index contributed by atoms with van der Waals surface area (Å²) in [7, 11) is 0. The number of para-hydroxylation sites is 1. The third-order valence-electron chi connectivity index (χ3n) is 10.2. The number of benzene rings is 7. The van der Waals surface area contributed by atoms with E-state index in [4.69, 9.17) is 29.3 Å². The molecular formula is C49H29N5OS. The van der Waals surface area contributed by atoms with Crippen molar-refractivity contribution < 1.29 is 4.42 Å². The van der Waals surface area contributed by atoms with Gasteiger partial charge in [-0.1, -0.05) is 152 Å². The van der Waals surface area contributed by atoms with Crippen LogP contribution in [0.2, 0.25) is 0 Å². The molecule has 0 atom stereocenters. The lowest BCUT2D eigenvalue weighted by molar-refractivity contribution is 0.667. The van der Waals surface area contributed by atoms with E-state index in [0.717, 1.165) is 55.6 Å². The highest BCUT2D eigenvalue weighted by Gasteiger charge is 2.20. The second-order valence-electron chi connectivity index (χ2n) is 13.6. The molecule has 0 radical (unpaired) electrons. The Hall–Kier alpha value is -7.35. The van der Waals surface area contributed by atoms with Gasteiger partial charge in [0.1, 0.15) is 16.8 Å². The molecule has 0 aliphatic carbocycles. The van der Waals surface area contributed by atoms with Gasteiger partial charge in [-0.3, -0.25) is 0 Å². The van der Waals surface area contributed by atoms with Crippen molar-refractivity contribution in [2.24, 2.45) is 0 Å². The lowest BCUT2D eigenvalue weighted by Gasteiger charge is -2.10. The van der Waals surface area contributed by atoms with Gasteiger partial charge in [0.25, 0.3) is 0 Å². The van der Waals surface area contributed by atoms with Crippen LogP contribution in [-0.2, 0) is 0 Å². The number of hydrogen-bond acceptors (Lipinski definition) is 7. The molecule has 11 aromatic rings. The average Bonchev–Trinajstić information content (AvgIpc) is 3.85. The van der Waals surface area contributed by atoms with Crippen molar-refractivity contribution in [3.8, 4) is 67.9 Å². The Labute approximate surface area is 325 Å². The number of furan rings is 1. The fraction of sp³-hybridized carbons (Fsp3) is 0. The molecule has 0 fully saturated rings. The van der Waals surface area contributed by atoms with Crippen molar-refractivity contribution in [2.45, 2.75) is 0 Å². The van der Waals surface area contributed by atoms with Gasteiger partial charge in [0.05, 0.1) is 0 Å². The summed E-state index contributed by atoms with van der Waals surface area (Å²) in [5, 5.41) is 3.40. The van der Waals surface area contributed by atoms with Gasteiger partial charge in [-0.05, 0) is 35.4 Å². The van der Waals surface area contributed by atoms with Crippen LogP contribution in [-0.4, -0.2) is 24.9 Å². The molecule has 0 N–H and O–H groups in total. The van der Waals surface area contributed by atoms with E-state index in [2.05, 4.69) is 66.7 Å². The highest BCUT2D eigenvalue weighted by molar-refractivity contribution is 7.26. The molecular weight excluding hydrogens is 707 g/mol. The molecule has 56 heavy (non-hydrogen) atoms. The maximum atomic E-state index is 6.44. The second kappa shape index (κ2) is 13.2. The number of aromatic nitrogens is 5. The maximum Gasteiger partial charge on any atom is 0.180 e. The summed E-state index contributed by atoms with van der Waals surface area (Å²) in [5.74, 6) is 2.60. The number of nitrogens with zero attached hydrogens (tertiary/aromatic N) is 5. The first-order valence-electron chi connectivity index (χ1n) is 18.4. The van der Waals surface area contributed by atoms with Crippen LogP contribution in [0.3, 0.4) is 0 Å². The Balaban J connectivity index is 1.01. The monoisotopic (exact) mass is 735 g/mol. The Morgan fingerprint density at radius 3 is 1.55 bits per heavy atom. The predicted octanol–water partition coefficient (Wildman–Crippen LogP) is 12.9. The molecule has 6 nitrogen and oxygen atoms in total. The first kappa shape index (κ1) is 32.1. The Morgan fingerprint density at radius 2 is 0.911 bits per heavy atom. The van der Waals surface area contributed by atoms with E-state index in [1.54, 1.807) is 11.3 Å². The Kier molecular flexibility index (Phi) is 7.57. The molecule has 7 heteroatoms. The highest BCUT2D eigenvalue weighted by atomic mass is 32.1. The van der Waals surface area contributed by atoms with Crippen LogP contribution in [0.4, 0.5) is 0 Å².